The molecule has 0 aliphatic carbocycles. The number of nitro groups is 1. The molecule has 166 valence electrons. The van der Waals surface area contributed by atoms with Gasteiger partial charge in [-0.25, -0.2) is 8.42 Å². The molecule has 0 N–H and O–H groups in total. The summed E-state index contributed by atoms with van der Waals surface area (Å²) in [4.78, 5) is 12.8. The fourth-order valence-electron chi connectivity index (χ4n) is 4.22. The third-order valence-corrected chi connectivity index (χ3v) is 7.95. The molecule has 8 nitrogen and oxygen atoms in total. The molecule has 0 unspecified atom stereocenters. The molecule has 31 heavy (non-hydrogen) atoms. The molecule has 2 saturated heterocycles. The smallest absolute Gasteiger partial charge is 0.270 e. The minimum Gasteiger partial charge on any atom is -0.493 e. The predicted octanol–water partition coefficient (Wildman–Crippen LogP) is 3.67. The van der Waals surface area contributed by atoms with Gasteiger partial charge in [0, 0.05) is 38.3 Å². The average Bonchev–Trinajstić information content (AvgIpc) is 3.34. The topological polar surface area (TPSA) is 93.0 Å². The van der Waals surface area contributed by atoms with E-state index < -0.39 is 14.9 Å². The van der Waals surface area contributed by atoms with E-state index in [2.05, 4.69) is 0 Å². The van der Waals surface area contributed by atoms with Crippen LogP contribution in [0.5, 0.6) is 5.75 Å². The van der Waals surface area contributed by atoms with Crippen LogP contribution in [0.2, 0.25) is 0 Å². The molecule has 0 radical (unpaired) electrons. The van der Waals surface area contributed by atoms with Gasteiger partial charge in [-0.15, -0.1) is 0 Å². The summed E-state index contributed by atoms with van der Waals surface area (Å²) < 4.78 is 33.8. The molecule has 0 atom stereocenters. The molecule has 2 heterocycles. The minimum atomic E-state index is -3.77. The standard InChI is InChI=1S/C22H27N3O5S/c26-25(27)19-8-9-21(22(16-19)31(28,29)24-12-4-5-13-24)23-14-10-18(11-15-23)17-30-20-6-2-1-3-7-20/h1-3,6-9,16,18H,4-5,10-15,17H2. The van der Waals surface area contributed by atoms with Gasteiger partial charge in [0.2, 0.25) is 10.0 Å². The molecule has 0 amide bonds. The number of hydrogen-bond donors (Lipinski definition) is 0. The van der Waals surface area contributed by atoms with Crippen LogP contribution in [0.15, 0.2) is 53.4 Å². The van der Waals surface area contributed by atoms with E-state index >= 15 is 0 Å². The van der Waals surface area contributed by atoms with Crippen LogP contribution in [-0.4, -0.2) is 50.4 Å². The number of hydrogen-bond acceptors (Lipinski definition) is 6. The molecular weight excluding hydrogens is 418 g/mol. The van der Waals surface area contributed by atoms with E-state index in [1.54, 1.807) is 6.07 Å². The van der Waals surface area contributed by atoms with Crippen LogP contribution < -0.4 is 9.64 Å². The maximum absolute atomic E-state index is 13.3. The molecule has 0 aromatic heterocycles. The van der Waals surface area contributed by atoms with E-state index in [0.29, 0.717) is 44.4 Å². The summed E-state index contributed by atoms with van der Waals surface area (Å²) in [6, 6.07) is 13.9. The largest absolute Gasteiger partial charge is 0.493 e. The normalized spacial score (nSPS) is 18.3. The van der Waals surface area contributed by atoms with E-state index in [1.807, 2.05) is 35.2 Å². The zero-order valence-corrected chi connectivity index (χ0v) is 18.2. The van der Waals surface area contributed by atoms with Crippen LogP contribution in [0.25, 0.3) is 0 Å². The molecule has 0 saturated carbocycles. The molecule has 2 aromatic carbocycles. The minimum absolute atomic E-state index is 0.0441. The lowest BCUT2D eigenvalue weighted by atomic mass is 9.97. The molecular formula is C22H27N3O5S. The van der Waals surface area contributed by atoms with Crippen LogP contribution in [0.3, 0.4) is 0 Å². The predicted molar refractivity (Wildman–Crippen MR) is 118 cm³/mol. The third-order valence-electron chi connectivity index (χ3n) is 6.02. The van der Waals surface area contributed by atoms with E-state index in [0.717, 1.165) is 31.4 Å². The van der Waals surface area contributed by atoms with Crippen molar-refractivity contribution in [1.82, 2.24) is 4.31 Å². The second kappa shape index (κ2) is 9.23. The third kappa shape index (κ3) is 4.83. The number of nitro benzene ring substituents is 1. The molecule has 4 rings (SSSR count). The Morgan fingerprint density at radius 1 is 1.00 bits per heavy atom. The Hall–Kier alpha value is -2.65. The van der Waals surface area contributed by atoms with Crippen molar-refractivity contribution in [2.75, 3.05) is 37.7 Å². The van der Waals surface area contributed by atoms with E-state index in [1.165, 1.54) is 16.4 Å². The zero-order chi connectivity index (χ0) is 21.8. The van der Waals surface area contributed by atoms with Gasteiger partial charge in [0.05, 0.1) is 17.2 Å². The molecule has 0 spiro atoms. The van der Waals surface area contributed by atoms with Crippen molar-refractivity contribution in [2.24, 2.45) is 5.92 Å². The highest BCUT2D eigenvalue weighted by atomic mass is 32.2. The van der Waals surface area contributed by atoms with Crippen LogP contribution in [-0.2, 0) is 10.0 Å². The Labute approximate surface area is 182 Å². The Bertz CT molecular complexity index is 1010. The number of benzene rings is 2. The zero-order valence-electron chi connectivity index (χ0n) is 17.4. The van der Waals surface area contributed by atoms with Crippen molar-refractivity contribution in [3.63, 3.8) is 0 Å². The van der Waals surface area contributed by atoms with Gasteiger partial charge in [-0.05, 0) is 49.8 Å². The van der Waals surface area contributed by atoms with Gasteiger partial charge < -0.3 is 9.64 Å². The molecule has 2 aliphatic rings. The van der Waals surface area contributed by atoms with Crippen LogP contribution >= 0.6 is 0 Å². The monoisotopic (exact) mass is 445 g/mol. The van der Waals surface area contributed by atoms with Crippen molar-refractivity contribution in [3.8, 4) is 5.75 Å². The highest BCUT2D eigenvalue weighted by Crippen LogP contribution is 2.35. The maximum Gasteiger partial charge on any atom is 0.270 e. The Morgan fingerprint density at radius 3 is 2.32 bits per heavy atom. The fraction of sp³-hybridized carbons (Fsp3) is 0.455. The number of nitrogens with zero attached hydrogens (tertiary/aromatic N) is 3. The number of rotatable bonds is 7. The van der Waals surface area contributed by atoms with E-state index in [-0.39, 0.29) is 10.6 Å². The van der Waals surface area contributed by atoms with Gasteiger partial charge in [0.25, 0.3) is 5.69 Å². The van der Waals surface area contributed by atoms with Gasteiger partial charge in [0.1, 0.15) is 10.6 Å². The van der Waals surface area contributed by atoms with Gasteiger partial charge in [0.15, 0.2) is 0 Å². The summed E-state index contributed by atoms with van der Waals surface area (Å²) in [6.45, 7) is 2.91. The summed E-state index contributed by atoms with van der Waals surface area (Å²) in [5, 5.41) is 11.3. The van der Waals surface area contributed by atoms with Crippen molar-refractivity contribution >= 4 is 21.4 Å². The highest BCUT2D eigenvalue weighted by molar-refractivity contribution is 7.89. The number of sulfonamides is 1. The van der Waals surface area contributed by atoms with E-state index in [4.69, 9.17) is 4.74 Å². The summed E-state index contributed by atoms with van der Waals surface area (Å²) in [6.07, 6.45) is 3.37. The molecule has 9 heteroatoms. The summed E-state index contributed by atoms with van der Waals surface area (Å²) in [5.41, 5.74) is 0.354. The number of anilines is 1. The number of ether oxygens (including phenoxy) is 1. The Morgan fingerprint density at radius 2 is 1.68 bits per heavy atom. The fourth-order valence-corrected chi connectivity index (χ4v) is 5.97. The highest BCUT2D eigenvalue weighted by Gasteiger charge is 2.33. The maximum atomic E-state index is 13.3. The first-order valence-electron chi connectivity index (χ1n) is 10.7. The first-order valence-corrected chi connectivity index (χ1v) is 12.1. The van der Waals surface area contributed by atoms with Gasteiger partial charge in [-0.2, -0.15) is 4.31 Å². The number of piperidine rings is 1. The summed E-state index contributed by atoms with van der Waals surface area (Å²) >= 11 is 0. The first-order chi connectivity index (χ1) is 14.9. The van der Waals surface area contributed by atoms with Crippen molar-refractivity contribution in [3.05, 3.63) is 58.6 Å². The lowest BCUT2D eigenvalue weighted by Crippen LogP contribution is -2.37. The molecule has 0 bridgehead atoms. The second-order valence-electron chi connectivity index (χ2n) is 8.07. The van der Waals surface area contributed by atoms with Crippen LogP contribution in [0, 0.1) is 16.0 Å². The molecule has 2 aromatic rings. The number of non-ortho nitro benzene ring substituents is 1. The first kappa shape index (κ1) is 21.6. The Kier molecular flexibility index (Phi) is 6.43. The van der Waals surface area contributed by atoms with Crippen molar-refractivity contribution in [1.29, 1.82) is 0 Å². The van der Waals surface area contributed by atoms with Gasteiger partial charge in [-0.3, -0.25) is 10.1 Å². The second-order valence-corrected chi connectivity index (χ2v) is 9.98. The van der Waals surface area contributed by atoms with Crippen LogP contribution in [0.4, 0.5) is 11.4 Å². The lowest BCUT2D eigenvalue weighted by Gasteiger charge is -2.34. The lowest BCUT2D eigenvalue weighted by molar-refractivity contribution is -0.385. The number of para-hydroxylation sites is 1. The van der Waals surface area contributed by atoms with Gasteiger partial charge >= 0.3 is 0 Å². The molecule has 2 aliphatic heterocycles. The summed E-state index contributed by atoms with van der Waals surface area (Å²) in [5.74, 6) is 1.23. The quantitative estimate of drug-likeness (QED) is 0.477. The summed E-state index contributed by atoms with van der Waals surface area (Å²) in [7, 11) is -3.77. The van der Waals surface area contributed by atoms with Crippen molar-refractivity contribution in [2.45, 2.75) is 30.6 Å². The SMILES string of the molecule is O=[N+]([O-])c1ccc(N2CCC(COc3ccccc3)CC2)c(S(=O)(=O)N2CCCC2)c1. The van der Waals surface area contributed by atoms with Crippen LogP contribution in [0.1, 0.15) is 25.7 Å². The van der Waals surface area contributed by atoms with E-state index in [9.17, 15) is 18.5 Å². The average molecular weight is 446 g/mol. The van der Waals surface area contributed by atoms with Gasteiger partial charge in [-0.1, -0.05) is 18.2 Å². The van der Waals surface area contributed by atoms with Crippen molar-refractivity contribution < 1.29 is 18.1 Å². The molecule has 2 fully saturated rings. The Balaban J connectivity index is 1.49.